The molecule has 0 saturated carbocycles. The van der Waals surface area contributed by atoms with Gasteiger partial charge in [-0.1, -0.05) is 0 Å². The minimum atomic E-state index is -0.465. The van der Waals surface area contributed by atoms with Crippen molar-refractivity contribution in [1.29, 1.82) is 0 Å². The Labute approximate surface area is 210 Å². The summed E-state index contributed by atoms with van der Waals surface area (Å²) in [5.74, 6) is 1.55. The zero-order chi connectivity index (χ0) is 25.7. The summed E-state index contributed by atoms with van der Waals surface area (Å²) in [6.45, 7) is 1.79. The fourth-order valence-corrected chi connectivity index (χ4v) is 4.66. The minimum absolute atomic E-state index is 0.120. The van der Waals surface area contributed by atoms with E-state index >= 15 is 0 Å². The molecule has 0 unspecified atom stereocenters. The molecule has 0 aliphatic carbocycles. The van der Waals surface area contributed by atoms with Gasteiger partial charge in [-0.25, -0.2) is 0 Å². The van der Waals surface area contributed by atoms with E-state index in [2.05, 4.69) is 5.32 Å². The third-order valence-corrected chi connectivity index (χ3v) is 6.50. The highest BCUT2D eigenvalue weighted by molar-refractivity contribution is 5.96. The first-order valence-corrected chi connectivity index (χ1v) is 11.8. The molecule has 2 atom stereocenters. The van der Waals surface area contributed by atoms with Crippen LogP contribution in [0, 0.1) is 5.92 Å². The number of rotatable bonds is 10. The summed E-state index contributed by atoms with van der Waals surface area (Å²) in [5, 5.41) is 2.99. The maximum Gasteiger partial charge on any atom is 0.254 e. The van der Waals surface area contributed by atoms with E-state index in [1.54, 1.807) is 44.4 Å². The van der Waals surface area contributed by atoms with Gasteiger partial charge >= 0.3 is 0 Å². The van der Waals surface area contributed by atoms with Crippen LogP contribution in [0.25, 0.3) is 0 Å². The lowest BCUT2D eigenvalue weighted by molar-refractivity contribution is -0.125. The molecule has 4 rings (SSSR count). The van der Waals surface area contributed by atoms with Crippen LogP contribution in [-0.2, 0) is 9.53 Å². The van der Waals surface area contributed by atoms with Gasteiger partial charge in [-0.15, -0.1) is 0 Å². The first kappa shape index (κ1) is 25.4. The van der Waals surface area contributed by atoms with Crippen LogP contribution in [0.3, 0.4) is 0 Å². The average molecular weight is 501 g/mol. The molecule has 2 aliphatic heterocycles. The van der Waals surface area contributed by atoms with Crippen molar-refractivity contribution in [2.75, 3.05) is 61.5 Å². The summed E-state index contributed by atoms with van der Waals surface area (Å²) in [7, 11) is 6.26. The predicted molar refractivity (Wildman–Crippen MR) is 130 cm³/mol. The Balaban J connectivity index is 1.62. The van der Waals surface area contributed by atoms with Crippen molar-refractivity contribution in [2.45, 2.75) is 12.3 Å². The maximum absolute atomic E-state index is 13.4. The van der Waals surface area contributed by atoms with E-state index in [1.807, 2.05) is 12.1 Å². The molecular weight excluding hydrogens is 468 g/mol. The summed E-state index contributed by atoms with van der Waals surface area (Å²) in [6.07, 6.45) is 0.698. The summed E-state index contributed by atoms with van der Waals surface area (Å²) in [5.41, 5.74) is 1.30. The molecule has 194 valence electrons. The van der Waals surface area contributed by atoms with Gasteiger partial charge in [0.05, 0.1) is 27.2 Å². The molecule has 1 N–H and O–H groups in total. The second-order valence-electron chi connectivity index (χ2n) is 8.59. The van der Waals surface area contributed by atoms with Crippen LogP contribution in [0.15, 0.2) is 30.3 Å². The molecule has 10 heteroatoms. The Bertz CT molecular complexity index is 1080. The largest absolute Gasteiger partial charge is 0.493 e. The molecule has 2 amide bonds. The molecule has 0 spiro atoms. The molecule has 0 aromatic heterocycles. The van der Waals surface area contributed by atoms with Crippen LogP contribution < -0.4 is 29.0 Å². The molecule has 0 bridgehead atoms. The van der Waals surface area contributed by atoms with Gasteiger partial charge in [0.2, 0.25) is 18.4 Å². The zero-order valence-corrected chi connectivity index (χ0v) is 21.0. The zero-order valence-electron chi connectivity index (χ0n) is 21.0. The number of carbonyl (C=O) groups excluding carboxylic acids is 2. The van der Waals surface area contributed by atoms with E-state index in [9.17, 15) is 9.59 Å². The van der Waals surface area contributed by atoms with Gasteiger partial charge in [-0.05, 0) is 42.3 Å². The molecule has 36 heavy (non-hydrogen) atoms. The summed E-state index contributed by atoms with van der Waals surface area (Å²) >= 11 is 0. The monoisotopic (exact) mass is 500 g/mol. The van der Waals surface area contributed by atoms with E-state index < -0.39 is 5.92 Å². The van der Waals surface area contributed by atoms with E-state index in [1.165, 1.54) is 7.11 Å². The number of benzene rings is 2. The molecule has 2 aromatic rings. The lowest BCUT2D eigenvalue weighted by Gasteiger charge is -2.21. The van der Waals surface area contributed by atoms with Crippen LogP contribution in [0.5, 0.6) is 28.7 Å². The number of fused-ring (bicyclic) bond motifs is 1. The van der Waals surface area contributed by atoms with Gasteiger partial charge in [0.15, 0.2) is 23.0 Å². The van der Waals surface area contributed by atoms with E-state index in [-0.39, 0.29) is 31.1 Å². The number of nitrogens with one attached hydrogen (secondary N) is 1. The first-order valence-electron chi connectivity index (χ1n) is 11.8. The van der Waals surface area contributed by atoms with Gasteiger partial charge in [0, 0.05) is 44.8 Å². The highest BCUT2D eigenvalue weighted by Gasteiger charge is 2.41. The van der Waals surface area contributed by atoms with Gasteiger partial charge in [-0.3, -0.25) is 9.59 Å². The van der Waals surface area contributed by atoms with Crippen LogP contribution in [0.2, 0.25) is 0 Å². The van der Waals surface area contributed by atoms with Crippen LogP contribution in [-0.4, -0.2) is 78.2 Å². The third-order valence-electron chi connectivity index (χ3n) is 6.50. The van der Waals surface area contributed by atoms with Crippen molar-refractivity contribution in [3.63, 3.8) is 0 Å². The molecule has 2 aliphatic rings. The molecule has 2 aromatic carbocycles. The van der Waals surface area contributed by atoms with Crippen molar-refractivity contribution in [3.05, 3.63) is 41.5 Å². The Hall–Kier alpha value is -3.66. The van der Waals surface area contributed by atoms with Gasteiger partial charge in [-0.2, -0.15) is 0 Å². The molecule has 0 radical (unpaired) electrons. The lowest BCUT2D eigenvalue weighted by Crippen LogP contribution is -2.36. The highest BCUT2D eigenvalue weighted by Crippen LogP contribution is 2.43. The van der Waals surface area contributed by atoms with E-state index in [4.69, 9.17) is 28.4 Å². The number of ether oxygens (including phenoxy) is 6. The first-order chi connectivity index (χ1) is 17.5. The predicted octanol–water partition coefficient (Wildman–Crippen LogP) is 2.45. The standard InChI is InChI=1S/C26H32N2O8/c1-31-9-5-8-27-25(29)19-14-28(26(30)16-6-7-20-21(10-16)36-15-35-20)13-18(19)17-11-22(32-2)24(34-4)23(12-17)33-3/h6-7,10-12,18-19H,5,8-9,13-15H2,1-4H3,(H,27,29)/t18-,19+/m0/s1. The van der Waals surface area contributed by atoms with Crippen molar-refractivity contribution in [1.82, 2.24) is 10.2 Å². The normalized spacial score (nSPS) is 18.2. The SMILES string of the molecule is COCCCNC(=O)[C@@H]1CN(C(=O)c2ccc3c(c2)OCO3)C[C@H]1c1cc(OC)c(OC)c(OC)c1. The number of amides is 2. The van der Waals surface area contributed by atoms with Crippen LogP contribution in [0.1, 0.15) is 28.3 Å². The van der Waals surface area contributed by atoms with Crippen LogP contribution >= 0.6 is 0 Å². The Morgan fingerprint density at radius 1 is 0.972 bits per heavy atom. The second-order valence-corrected chi connectivity index (χ2v) is 8.59. The second kappa shape index (κ2) is 11.4. The van der Waals surface area contributed by atoms with E-state index in [0.717, 1.165) is 5.56 Å². The fourth-order valence-electron chi connectivity index (χ4n) is 4.66. The summed E-state index contributed by atoms with van der Waals surface area (Å²) in [6, 6.07) is 8.79. The number of carbonyl (C=O) groups is 2. The highest BCUT2D eigenvalue weighted by atomic mass is 16.7. The third kappa shape index (κ3) is 5.13. The fraction of sp³-hybridized carbons (Fsp3) is 0.462. The van der Waals surface area contributed by atoms with Crippen molar-refractivity contribution in [2.24, 2.45) is 5.92 Å². The minimum Gasteiger partial charge on any atom is -0.493 e. The molecule has 1 fully saturated rings. The van der Waals surface area contributed by atoms with Crippen molar-refractivity contribution in [3.8, 4) is 28.7 Å². The summed E-state index contributed by atoms with van der Waals surface area (Å²) in [4.78, 5) is 28.4. The Morgan fingerprint density at radius 2 is 1.69 bits per heavy atom. The number of hydrogen-bond acceptors (Lipinski definition) is 8. The number of methoxy groups -OCH3 is 4. The van der Waals surface area contributed by atoms with Gasteiger partial charge in [0.1, 0.15) is 0 Å². The average Bonchev–Trinajstić information content (AvgIpc) is 3.57. The molecular formula is C26H32N2O8. The number of nitrogens with zero attached hydrogens (tertiary/aromatic N) is 1. The quantitative estimate of drug-likeness (QED) is 0.496. The van der Waals surface area contributed by atoms with E-state index in [0.29, 0.717) is 60.4 Å². The number of likely N-dealkylation sites (tertiary alicyclic amines) is 1. The maximum atomic E-state index is 13.4. The topological polar surface area (TPSA) is 105 Å². The van der Waals surface area contributed by atoms with Crippen LogP contribution in [0.4, 0.5) is 0 Å². The van der Waals surface area contributed by atoms with Crippen molar-refractivity contribution >= 4 is 11.8 Å². The van der Waals surface area contributed by atoms with Gasteiger partial charge in [0.25, 0.3) is 5.91 Å². The number of hydrogen-bond donors (Lipinski definition) is 1. The molecule has 1 saturated heterocycles. The smallest absolute Gasteiger partial charge is 0.254 e. The summed E-state index contributed by atoms with van der Waals surface area (Å²) < 4.78 is 32.4. The van der Waals surface area contributed by atoms with Gasteiger partial charge < -0.3 is 38.6 Å². The Morgan fingerprint density at radius 3 is 2.36 bits per heavy atom. The molecule has 2 heterocycles. The molecule has 10 nitrogen and oxygen atoms in total. The Kier molecular flexibility index (Phi) is 8.04. The lowest BCUT2D eigenvalue weighted by atomic mass is 9.88. The van der Waals surface area contributed by atoms with Crippen molar-refractivity contribution < 1.29 is 38.0 Å².